The Bertz CT molecular complexity index is 900. The maximum absolute atomic E-state index is 12.6. The third-order valence-electron chi connectivity index (χ3n) is 9.15. The average molecular weight is 784 g/mol. The second kappa shape index (κ2) is 40.1. The zero-order chi connectivity index (χ0) is 37.8. The number of carboxylic acids is 1. The van der Waals surface area contributed by atoms with E-state index in [1.807, 2.05) is 0 Å². The molecule has 0 spiro atoms. The third-order valence-corrected chi connectivity index (χ3v) is 10.1. The van der Waals surface area contributed by atoms with Gasteiger partial charge in [0.2, 0.25) is 0 Å². The van der Waals surface area contributed by atoms with Crippen LogP contribution in [-0.2, 0) is 37.5 Å². The molecule has 14 heteroatoms. The van der Waals surface area contributed by atoms with E-state index in [4.69, 9.17) is 14.0 Å². The topological polar surface area (TPSA) is 236 Å². The molecule has 0 aliphatic carbocycles. The van der Waals surface area contributed by atoms with Gasteiger partial charge in [0.1, 0.15) is 6.61 Å². The largest absolute Gasteiger partial charge is 0.756 e. The molecule has 0 heterocycles. The molecule has 0 aliphatic heterocycles. The lowest BCUT2D eigenvalue weighted by Crippen LogP contribution is -2.46. The van der Waals surface area contributed by atoms with Crippen molar-refractivity contribution in [3.05, 3.63) is 0 Å². The highest BCUT2D eigenvalue weighted by atomic mass is 31.2. The van der Waals surface area contributed by atoms with Gasteiger partial charge in [0, 0.05) is 12.8 Å². The molecule has 13 nitrogen and oxygen atoms in total. The minimum Gasteiger partial charge on any atom is -0.756 e. The first kappa shape index (κ1) is 55.7. The molecule has 0 amide bonds. The normalized spacial score (nSPS) is 13.3. The number of carboxylic acid groups (broad SMARTS) is 1. The fourth-order valence-corrected chi connectivity index (χ4v) is 6.60. The van der Waals surface area contributed by atoms with E-state index in [1.165, 1.54) is 123 Å². The van der Waals surface area contributed by atoms with Gasteiger partial charge in [-0.3, -0.25) is 14.2 Å². The van der Waals surface area contributed by atoms with Crippen molar-refractivity contribution in [1.29, 1.82) is 0 Å². The molecule has 53 heavy (non-hydrogen) atoms. The van der Waals surface area contributed by atoms with Gasteiger partial charge in [-0.15, -0.1) is 0 Å². The van der Waals surface area contributed by atoms with Crippen LogP contribution in [0.25, 0.3) is 0 Å². The quantitative estimate of drug-likeness (QED) is 0.0302. The summed E-state index contributed by atoms with van der Waals surface area (Å²) in [7, 11) is -3.63. The first-order chi connectivity index (χ1) is 24.6. The molecule has 0 rings (SSSR count). The van der Waals surface area contributed by atoms with Crippen molar-refractivity contribution in [2.45, 2.75) is 206 Å². The van der Waals surface area contributed by atoms with E-state index < -0.39 is 51.1 Å². The minimum absolute atomic E-state index is 0. The summed E-state index contributed by atoms with van der Waals surface area (Å²) >= 11 is 0. The fourth-order valence-electron chi connectivity index (χ4n) is 5.84. The number of esters is 2. The molecule has 0 aromatic heterocycles. The van der Waals surface area contributed by atoms with Crippen molar-refractivity contribution >= 4 is 25.7 Å². The van der Waals surface area contributed by atoms with Gasteiger partial charge in [0.25, 0.3) is 7.82 Å². The molecule has 1 unspecified atom stereocenters. The second-order valence-corrected chi connectivity index (χ2v) is 15.4. The van der Waals surface area contributed by atoms with Crippen LogP contribution in [-0.4, -0.2) is 56.9 Å². The zero-order valence-electron chi connectivity index (χ0n) is 34.6. The summed E-state index contributed by atoms with van der Waals surface area (Å²) in [5, 5.41) is 13.4. The lowest BCUT2D eigenvalue weighted by molar-refractivity contribution is -0.309. The van der Waals surface area contributed by atoms with E-state index in [0.717, 1.165) is 38.5 Å². The molecule has 0 fully saturated rings. The summed E-state index contributed by atoms with van der Waals surface area (Å²) in [6, 6.07) is -1.36. The molecule has 318 valence electrons. The number of unbranched alkanes of at least 4 members (excludes halogenated alkanes) is 24. The van der Waals surface area contributed by atoms with Crippen molar-refractivity contribution in [3.63, 3.8) is 0 Å². The number of aliphatic carboxylic acids is 1. The van der Waals surface area contributed by atoms with Crippen LogP contribution < -0.4 is 27.6 Å². The van der Waals surface area contributed by atoms with Gasteiger partial charge < -0.3 is 50.9 Å². The number of phosphoric acid groups is 1. The monoisotopic (exact) mass is 784 g/mol. The van der Waals surface area contributed by atoms with Gasteiger partial charge in [0.05, 0.1) is 25.2 Å². The lowest BCUT2D eigenvalue weighted by atomic mass is 10.0. The van der Waals surface area contributed by atoms with Crippen LogP contribution in [0.3, 0.4) is 0 Å². The summed E-state index contributed by atoms with van der Waals surface area (Å²) in [4.78, 5) is 48.3. The summed E-state index contributed by atoms with van der Waals surface area (Å²) in [5.41, 5.74) is 0. The van der Waals surface area contributed by atoms with Crippen molar-refractivity contribution in [2.75, 3.05) is 26.9 Å². The summed E-state index contributed by atoms with van der Waals surface area (Å²) < 4.78 is 32.5. The van der Waals surface area contributed by atoms with Crippen LogP contribution in [0.1, 0.15) is 194 Å². The smallest absolute Gasteiger partial charge is 0.306 e. The minimum atomic E-state index is -4.95. The van der Waals surface area contributed by atoms with Gasteiger partial charge in [0.15, 0.2) is 6.10 Å². The van der Waals surface area contributed by atoms with E-state index in [0.29, 0.717) is 12.8 Å². The number of hydrogen-bond donors (Lipinski definition) is 3. The molecule has 0 aliphatic rings. The predicted molar refractivity (Wildman–Crippen MR) is 211 cm³/mol. The second-order valence-electron chi connectivity index (χ2n) is 14.0. The Hall–Kier alpha value is -1.60. The molecule has 0 aromatic carbocycles. The standard InChI is InChI=1S/C39H76NO10P.2H3N/c1-4-6-8-10-12-14-16-18-20-22-24-26-28-30-37(41)47-32-35(33-48-51(45,46)49-34-36(40-3)39(43)44)50-38(42)31-29-27-25-23-21-19-17-15-13-11-9-7-5-2;;/h35-36,40H,4-34H2,1-3H3,(H,43,44)(H,45,46);2*1H3/t35-,36+;;/m1../s1. The van der Waals surface area contributed by atoms with E-state index in [9.17, 15) is 28.9 Å². The molecule has 9 N–H and O–H groups in total. The van der Waals surface area contributed by atoms with Gasteiger partial charge in [-0.1, -0.05) is 168 Å². The predicted octanol–water partition coefficient (Wildman–Crippen LogP) is 9.00. The highest BCUT2D eigenvalue weighted by Crippen LogP contribution is 2.38. The van der Waals surface area contributed by atoms with Crippen LogP contribution in [0, 0.1) is 0 Å². The molecule has 0 saturated carbocycles. The number of nitrogens with one attached hydrogen (secondary N) is 1. The molecule has 3 atom stereocenters. The molecular weight excluding hydrogens is 701 g/mol. The number of quaternary nitrogens is 2. The van der Waals surface area contributed by atoms with Gasteiger partial charge in [-0.2, -0.15) is 0 Å². The van der Waals surface area contributed by atoms with Crippen molar-refractivity contribution in [2.24, 2.45) is 0 Å². The first-order valence-electron chi connectivity index (χ1n) is 20.5. The SMILES string of the molecule is CCCCCCCCCCCCCCCC(=O)OC[C@H](COP(=O)([O-])OC[C@H](NC)C(=O)[O-])OC(=O)CCCCCCCCCCCCCCC.[NH4+].[NH4+]. The van der Waals surface area contributed by atoms with Gasteiger partial charge in [-0.25, -0.2) is 0 Å². The maximum Gasteiger partial charge on any atom is 0.306 e. The van der Waals surface area contributed by atoms with Gasteiger partial charge >= 0.3 is 11.9 Å². The summed E-state index contributed by atoms with van der Waals surface area (Å²) in [5.74, 6) is -2.52. The first-order valence-corrected chi connectivity index (χ1v) is 21.9. The number of phosphoric ester groups is 1. The Balaban J connectivity index is -0.0000125. The van der Waals surface area contributed by atoms with Crippen LogP contribution in [0.15, 0.2) is 0 Å². The van der Waals surface area contributed by atoms with E-state index >= 15 is 0 Å². The van der Waals surface area contributed by atoms with Crippen LogP contribution in [0.4, 0.5) is 0 Å². The van der Waals surface area contributed by atoms with Crippen molar-refractivity contribution < 1.29 is 47.5 Å². The van der Waals surface area contributed by atoms with E-state index in [-0.39, 0.29) is 31.7 Å². The van der Waals surface area contributed by atoms with Crippen LogP contribution >= 0.6 is 7.82 Å². The third kappa shape index (κ3) is 38.5. The van der Waals surface area contributed by atoms with E-state index in [2.05, 4.69) is 23.7 Å². The average Bonchev–Trinajstić information content (AvgIpc) is 3.10. The lowest BCUT2D eigenvalue weighted by Gasteiger charge is -2.27. The highest BCUT2D eigenvalue weighted by molar-refractivity contribution is 7.45. The van der Waals surface area contributed by atoms with Crippen molar-refractivity contribution in [3.8, 4) is 0 Å². The molecule has 0 bridgehead atoms. The Labute approximate surface area is 323 Å². The molecule has 0 aromatic rings. The Morgan fingerprint density at radius 3 is 1.25 bits per heavy atom. The maximum atomic E-state index is 12.6. The number of ether oxygens (including phenoxy) is 2. The molecule has 0 radical (unpaired) electrons. The van der Waals surface area contributed by atoms with Crippen LogP contribution in [0.2, 0.25) is 0 Å². The molecular formula is C39H82N3O10P. The number of hydrogen-bond acceptors (Lipinski definition) is 11. The van der Waals surface area contributed by atoms with E-state index in [1.54, 1.807) is 0 Å². The number of carbonyl (C=O) groups is 3. The molecule has 0 saturated heterocycles. The number of likely N-dealkylation sites (N-methyl/N-ethyl adjacent to an activating group) is 1. The Kier molecular flexibility index (Phi) is 42.1. The number of carbonyl (C=O) groups excluding carboxylic acids is 3. The summed E-state index contributed by atoms with van der Waals surface area (Å²) in [6.07, 6.45) is 30.0. The van der Waals surface area contributed by atoms with Crippen LogP contribution in [0.5, 0.6) is 0 Å². The fraction of sp³-hybridized carbons (Fsp3) is 0.923. The van der Waals surface area contributed by atoms with Crippen molar-refractivity contribution in [1.82, 2.24) is 17.6 Å². The zero-order valence-corrected chi connectivity index (χ0v) is 35.5. The highest BCUT2D eigenvalue weighted by Gasteiger charge is 2.22. The van der Waals surface area contributed by atoms with Gasteiger partial charge in [-0.05, 0) is 19.9 Å². The Morgan fingerprint density at radius 1 is 0.547 bits per heavy atom. The Morgan fingerprint density at radius 2 is 0.887 bits per heavy atom. The number of rotatable bonds is 39. The summed E-state index contributed by atoms with van der Waals surface area (Å²) in [6.45, 7) is 2.73.